The molecule has 1 heterocycles. The van der Waals surface area contributed by atoms with E-state index in [-0.39, 0.29) is 5.69 Å². The smallest absolute Gasteiger partial charge is 0.269 e. The molecule has 110 valence electrons. The first-order valence-electron chi connectivity index (χ1n) is 6.40. The average Bonchev–Trinajstić information content (AvgIpc) is 3.05. The molecule has 3 aromatic rings. The number of ether oxygens (including phenoxy) is 1. The monoisotopic (exact) mass is 297 g/mol. The van der Waals surface area contributed by atoms with Gasteiger partial charge in [-0.3, -0.25) is 10.1 Å². The summed E-state index contributed by atoms with van der Waals surface area (Å²) in [6.45, 7) is 0. The van der Waals surface area contributed by atoms with Gasteiger partial charge in [0.05, 0.1) is 12.0 Å². The molecule has 0 fully saturated rings. The topological polar surface area (TPSA) is 91.3 Å². The highest BCUT2D eigenvalue weighted by Gasteiger charge is 2.12. The van der Waals surface area contributed by atoms with Crippen molar-refractivity contribution in [1.82, 2.24) is 10.2 Å². The number of aromatic nitrogens is 2. The fourth-order valence-electron chi connectivity index (χ4n) is 1.92. The minimum absolute atomic E-state index is 0.0126. The van der Waals surface area contributed by atoms with Crippen LogP contribution in [0.1, 0.15) is 0 Å². The molecular weight excluding hydrogens is 286 g/mol. The van der Waals surface area contributed by atoms with Gasteiger partial charge in [0, 0.05) is 23.3 Å². The summed E-state index contributed by atoms with van der Waals surface area (Å²) in [5.41, 5.74) is 1.40. The van der Waals surface area contributed by atoms with E-state index >= 15 is 0 Å². The zero-order valence-corrected chi connectivity index (χ0v) is 11.6. The highest BCUT2D eigenvalue weighted by Crippen LogP contribution is 2.26. The second-order valence-electron chi connectivity index (χ2n) is 4.44. The quantitative estimate of drug-likeness (QED) is 0.542. The van der Waals surface area contributed by atoms with Crippen LogP contribution < -0.4 is 4.74 Å². The Labute approximate surface area is 125 Å². The summed E-state index contributed by atoms with van der Waals surface area (Å²) in [5, 5.41) is 18.6. The number of rotatable bonds is 4. The van der Waals surface area contributed by atoms with E-state index in [1.165, 1.54) is 12.1 Å². The third-order valence-corrected chi connectivity index (χ3v) is 3.09. The fraction of sp³-hybridized carbons (Fsp3) is 0.0667. The van der Waals surface area contributed by atoms with E-state index in [4.69, 9.17) is 9.15 Å². The van der Waals surface area contributed by atoms with Crippen molar-refractivity contribution in [3.8, 4) is 28.7 Å². The largest absolute Gasteiger partial charge is 0.497 e. The van der Waals surface area contributed by atoms with Gasteiger partial charge in [0.2, 0.25) is 11.8 Å². The molecule has 2 aromatic carbocycles. The van der Waals surface area contributed by atoms with E-state index in [1.54, 1.807) is 31.4 Å². The summed E-state index contributed by atoms with van der Waals surface area (Å²) in [4.78, 5) is 10.2. The normalized spacial score (nSPS) is 10.4. The molecule has 22 heavy (non-hydrogen) atoms. The predicted octanol–water partition coefficient (Wildman–Crippen LogP) is 3.32. The molecule has 0 aliphatic carbocycles. The van der Waals surface area contributed by atoms with Gasteiger partial charge in [-0.1, -0.05) is 0 Å². The van der Waals surface area contributed by atoms with E-state index in [0.29, 0.717) is 17.3 Å². The van der Waals surface area contributed by atoms with Crippen molar-refractivity contribution in [1.29, 1.82) is 0 Å². The molecule has 0 N–H and O–H groups in total. The number of hydrogen-bond acceptors (Lipinski definition) is 6. The van der Waals surface area contributed by atoms with Gasteiger partial charge in [0.1, 0.15) is 5.75 Å². The third kappa shape index (κ3) is 2.64. The summed E-state index contributed by atoms with van der Waals surface area (Å²) in [5.74, 6) is 1.41. The Kier molecular flexibility index (Phi) is 3.53. The van der Waals surface area contributed by atoms with Crippen LogP contribution >= 0.6 is 0 Å². The number of nitrogens with zero attached hydrogens (tertiary/aromatic N) is 3. The van der Waals surface area contributed by atoms with Gasteiger partial charge in [-0.25, -0.2) is 0 Å². The summed E-state index contributed by atoms with van der Waals surface area (Å²) >= 11 is 0. The van der Waals surface area contributed by atoms with Crippen molar-refractivity contribution in [2.45, 2.75) is 0 Å². The molecule has 7 heteroatoms. The third-order valence-electron chi connectivity index (χ3n) is 3.09. The highest BCUT2D eigenvalue weighted by atomic mass is 16.6. The lowest BCUT2D eigenvalue weighted by Gasteiger charge is -1.99. The molecule has 0 aliphatic heterocycles. The van der Waals surface area contributed by atoms with Crippen LogP contribution in [-0.4, -0.2) is 22.2 Å². The van der Waals surface area contributed by atoms with Gasteiger partial charge >= 0.3 is 0 Å². The Hall–Kier alpha value is -3.22. The molecule has 0 saturated heterocycles. The highest BCUT2D eigenvalue weighted by molar-refractivity contribution is 5.59. The van der Waals surface area contributed by atoms with Crippen molar-refractivity contribution in [2.24, 2.45) is 0 Å². The first-order chi connectivity index (χ1) is 10.7. The Balaban J connectivity index is 1.87. The van der Waals surface area contributed by atoms with Gasteiger partial charge in [-0.2, -0.15) is 0 Å². The number of nitro groups is 1. The molecule has 3 rings (SSSR count). The second-order valence-corrected chi connectivity index (χ2v) is 4.44. The lowest BCUT2D eigenvalue weighted by Crippen LogP contribution is -1.87. The lowest BCUT2D eigenvalue weighted by atomic mass is 10.2. The van der Waals surface area contributed by atoms with Crippen molar-refractivity contribution in [3.05, 3.63) is 58.6 Å². The number of non-ortho nitro benzene ring substituents is 1. The Bertz CT molecular complexity index is 794. The molecule has 0 saturated carbocycles. The maximum absolute atomic E-state index is 10.6. The van der Waals surface area contributed by atoms with Gasteiger partial charge in [0.15, 0.2) is 0 Å². The molecule has 0 atom stereocenters. The standard InChI is InChI=1S/C15H11N3O4/c1-21-13-8-4-11(5-9-13)15-17-16-14(22-15)10-2-6-12(7-3-10)18(19)20/h2-9H,1H3. The van der Waals surface area contributed by atoms with E-state index in [0.717, 1.165) is 11.3 Å². The van der Waals surface area contributed by atoms with Crippen molar-refractivity contribution < 1.29 is 14.1 Å². The minimum atomic E-state index is -0.458. The van der Waals surface area contributed by atoms with Crippen molar-refractivity contribution in [3.63, 3.8) is 0 Å². The maximum atomic E-state index is 10.6. The molecule has 0 aliphatic rings. The zero-order valence-electron chi connectivity index (χ0n) is 11.6. The summed E-state index contributed by atoms with van der Waals surface area (Å²) in [6.07, 6.45) is 0. The van der Waals surface area contributed by atoms with E-state index in [9.17, 15) is 10.1 Å². The van der Waals surface area contributed by atoms with E-state index < -0.39 is 4.92 Å². The number of methoxy groups -OCH3 is 1. The summed E-state index contributed by atoms with van der Waals surface area (Å²) in [6, 6.07) is 13.2. The SMILES string of the molecule is COc1ccc(-c2nnc(-c3ccc([N+](=O)[O-])cc3)o2)cc1. The van der Waals surface area contributed by atoms with Crippen LogP contribution in [0.3, 0.4) is 0 Å². The zero-order chi connectivity index (χ0) is 15.5. The van der Waals surface area contributed by atoms with Gasteiger partial charge < -0.3 is 9.15 Å². The van der Waals surface area contributed by atoms with Crippen molar-refractivity contribution in [2.75, 3.05) is 7.11 Å². The first-order valence-corrected chi connectivity index (χ1v) is 6.40. The summed E-state index contributed by atoms with van der Waals surface area (Å²) in [7, 11) is 1.59. The maximum Gasteiger partial charge on any atom is 0.269 e. The van der Waals surface area contributed by atoms with Crippen LogP contribution in [0.5, 0.6) is 5.75 Å². The number of benzene rings is 2. The molecule has 0 bridgehead atoms. The van der Waals surface area contributed by atoms with Crippen LogP contribution in [-0.2, 0) is 0 Å². The predicted molar refractivity (Wildman–Crippen MR) is 78.4 cm³/mol. The molecule has 0 radical (unpaired) electrons. The number of nitro benzene ring substituents is 1. The van der Waals surface area contributed by atoms with E-state index in [1.807, 2.05) is 12.1 Å². The molecular formula is C15H11N3O4. The molecule has 0 unspecified atom stereocenters. The molecule has 1 aromatic heterocycles. The van der Waals surface area contributed by atoms with Crippen LogP contribution in [0, 0.1) is 10.1 Å². The number of hydrogen-bond donors (Lipinski definition) is 0. The van der Waals surface area contributed by atoms with Crippen LogP contribution in [0.4, 0.5) is 5.69 Å². The first kappa shape index (κ1) is 13.7. The Morgan fingerprint density at radius 3 is 1.91 bits per heavy atom. The van der Waals surface area contributed by atoms with Crippen LogP contribution in [0.2, 0.25) is 0 Å². The minimum Gasteiger partial charge on any atom is -0.497 e. The Morgan fingerprint density at radius 2 is 1.45 bits per heavy atom. The van der Waals surface area contributed by atoms with Gasteiger partial charge in [-0.15, -0.1) is 10.2 Å². The average molecular weight is 297 g/mol. The lowest BCUT2D eigenvalue weighted by molar-refractivity contribution is -0.384. The molecule has 0 amide bonds. The molecule has 0 spiro atoms. The van der Waals surface area contributed by atoms with Crippen LogP contribution in [0.15, 0.2) is 52.9 Å². The second kappa shape index (κ2) is 5.65. The molecule has 7 nitrogen and oxygen atoms in total. The van der Waals surface area contributed by atoms with Gasteiger partial charge in [-0.05, 0) is 36.4 Å². The van der Waals surface area contributed by atoms with Gasteiger partial charge in [0.25, 0.3) is 5.69 Å². The van der Waals surface area contributed by atoms with Crippen LogP contribution in [0.25, 0.3) is 22.9 Å². The summed E-state index contributed by atoms with van der Waals surface area (Å²) < 4.78 is 10.7. The Morgan fingerprint density at radius 1 is 0.955 bits per heavy atom. The fourth-order valence-corrected chi connectivity index (χ4v) is 1.92. The van der Waals surface area contributed by atoms with Crippen molar-refractivity contribution >= 4 is 5.69 Å². The van der Waals surface area contributed by atoms with E-state index in [2.05, 4.69) is 10.2 Å².